The number of sulfonamides is 1. The Balaban J connectivity index is 2.10. The van der Waals surface area contributed by atoms with E-state index in [0.717, 1.165) is 11.6 Å². The second-order valence-electron chi connectivity index (χ2n) is 4.73. The van der Waals surface area contributed by atoms with Crippen LogP contribution in [-0.2, 0) is 16.4 Å². The summed E-state index contributed by atoms with van der Waals surface area (Å²) in [4.78, 5) is -0.363. The maximum absolute atomic E-state index is 13.6. The first kappa shape index (κ1) is 17.2. The minimum absolute atomic E-state index is 0.111. The second kappa shape index (κ2) is 7.43. The average molecular weight is 339 g/mol. The van der Waals surface area contributed by atoms with Crippen LogP contribution in [0.4, 0.5) is 4.39 Å². The van der Waals surface area contributed by atoms with Crippen molar-refractivity contribution < 1.29 is 22.3 Å². The lowest BCUT2D eigenvalue weighted by atomic mass is 10.1. The molecule has 0 radical (unpaired) electrons. The molecule has 0 spiro atoms. The summed E-state index contributed by atoms with van der Waals surface area (Å²) in [5.74, 6) is 0.348. The molecule has 23 heavy (non-hydrogen) atoms. The van der Waals surface area contributed by atoms with Crippen molar-refractivity contribution in [3.05, 3.63) is 53.8 Å². The fourth-order valence-electron chi connectivity index (χ4n) is 2.21. The summed E-state index contributed by atoms with van der Waals surface area (Å²) in [7, 11) is -0.844. The molecule has 0 unspecified atom stereocenters. The van der Waals surface area contributed by atoms with E-state index < -0.39 is 15.8 Å². The summed E-state index contributed by atoms with van der Waals surface area (Å²) in [5.41, 5.74) is 0.795. The molecule has 0 saturated carbocycles. The molecule has 0 amide bonds. The lowest BCUT2D eigenvalue weighted by molar-refractivity contribution is 0.351. The first-order chi connectivity index (χ1) is 11.0. The third-order valence-corrected chi connectivity index (χ3v) is 4.79. The van der Waals surface area contributed by atoms with Crippen LogP contribution < -0.4 is 14.2 Å². The Hall–Kier alpha value is -2.12. The number of rotatable bonds is 7. The van der Waals surface area contributed by atoms with Crippen molar-refractivity contribution in [2.75, 3.05) is 20.8 Å². The van der Waals surface area contributed by atoms with E-state index in [1.807, 2.05) is 6.07 Å². The third kappa shape index (κ3) is 4.00. The Morgan fingerprint density at radius 3 is 2.43 bits per heavy atom. The molecule has 2 aromatic rings. The molecule has 5 nitrogen and oxygen atoms in total. The maximum atomic E-state index is 13.6. The smallest absolute Gasteiger partial charge is 0.243 e. The Labute approximate surface area is 135 Å². The van der Waals surface area contributed by atoms with Crippen molar-refractivity contribution in [1.82, 2.24) is 4.72 Å². The maximum Gasteiger partial charge on any atom is 0.243 e. The van der Waals surface area contributed by atoms with Gasteiger partial charge in [0, 0.05) is 6.54 Å². The van der Waals surface area contributed by atoms with Crippen LogP contribution in [-0.4, -0.2) is 29.2 Å². The van der Waals surface area contributed by atoms with Gasteiger partial charge in [-0.1, -0.05) is 24.3 Å². The van der Waals surface area contributed by atoms with Crippen LogP contribution in [0.1, 0.15) is 5.56 Å². The fourth-order valence-corrected chi connectivity index (χ4v) is 3.32. The van der Waals surface area contributed by atoms with Gasteiger partial charge in [0.25, 0.3) is 0 Å². The molecule has 0 aliphatic heterocycles. The van der Waals surface area contributed by atoms with Crippen LogP contribution in [0.5, 0.6) is 11.5 Å². The highest BCUT2D eigenvalue weighted by molar-refractivity contribution is 7.89. The molecule has 124 valence electrons. The van der Waals surface area contributed by atoms with Gasteiger partial charge >= 0.3 is 0 Å². The largest absolute Gasteiger partial charge is 0.493 e. The summed E-state index contributed by atoms with van der Waals surface area (Å²) in [5, 5.41) is 0. The molecular formula is C16H18FNO4S. The summed E-state index contributed by atoms with van der Waals surface area (Å²) in [6, 6.07) is 10.6. The summed E-state index contributed by atoms with van der Waals surface area (Å²) >= 11 is 0. The van der Waals surface area contributed by atoms with Gasteiger partial charge in [-0.25, -0.2) is 17.5 Å². The van der Waals surface area contributed by atoms with E-state index in [2.05, 4.69) is 4.72 Å². The van der Waals surface area contributed by atoms with Gasteiger partial charge in [-0.2, -0.15) is 0 Å². The number of ether oxygens (including phenoxy) is 2. The third-order valence-electron chi connectivity index (χ3n) is 3.30. The Kier molecular flexibility index (Phi) is 5.57. The van der Waals surface area contributed by atoms with Gasteiger partial charge in [0.15, 0.2) is 11.5 Å². The number of methoxy groups -OCH3 is 2. The van der Waals surface area contributed by atoms with Crippen molar-refractivity contribution in [3.63, 3.8) is 0 Å². The molecule has 0 aliphatic carbocycles. The highest BCUT2D eigenvalue weighted by atomic mass is 32.2. The van der Waals surface area contributed by atoms with E-state index in [-0.39, 0.29) is 11.4 Å². The molecule has 0 aliphatic rings. The zero-order valence-corrected chi connectivity index (χ0v) is 13.7. The van der Waals surface area contributed by atoms with Crippen LogP contribution in [0.2, 0.25) is 0 Å². The topological polar surface area (TPSA) is 64.6 Å². The molecule has 0 saturated heterocycles. The highest BCUT2D eigenvalue weighted by Crippen LogP contribution is 2.30. The van der Waals surface area contributed by atoms with Gasteiger partial charge in [0.1, 0.15) is 10.7 Å². The monoisotopic (exact) mass is 339 g/mol. The molecule has 0 bridgehead atoms. The second-order valence-corrected chi connectivity index (χ2v) is 6.47. The predicted octanol–water partition coefficient (Wildman–Crippen LogP) is 2.36. The van der Waals surface area contributed by atoms with Crippen molar-refractivity contribution in [1.29, 1.82) is 0 Å². The fraction of sp³-hybridized carbons (Fsp3) is 0.250. The first-order valence-electron chi connectivity index (χ1n) is 6.93. The summed E-state index contributed by atoms with van der Waals surface area (Å²) in [6.07, 6.45) is 0.383. The van der Waals surface area contributed by atoms with E-state index in [4.69, 9.17) is 9.47 Å². The van der Waals surface area contributed by atoms with Crippen molar-refractivity contribution in [2.45, 2.75) is 11.3 Å². The summed E-state index contributed by atoms with van der Waals surface area (Å²) < 4.78 is 50.7. The Morgan fingerprint density at radius 1 is 1.04 bits per heavy atom. The van der Waals surface area contributed by atoms with Gasteiger partial charge in [0.05, 0.1) is 14.2 Å². The Bertz CT molecular complexity index is 777. The van der Waals surface area contributed by atoms with Gasteiger partial charge in [-0.15, -0.1) is 0 Å². The normalized spacial score (nSPS) is 11.3. The number of hydrogen-bond donors (Lipinski definition) is 1. The van der Waals surface area contributed by atoms with Crippen molar-refractivity contribution >= 4 is 10.0 Å². The number of para-hydroxylation sites is 1. The molecule has 2 aromatic carbocycles. The van der Waals surface area contributed by atoms with Crippen LogP contribution in [0.25, 0.3) is 0 Å². The minimum atomic E-state index is -3.89. The molecule has 0 fully saturated rings. The van der Waals surface area contributed by atoms with Gasteiger partial charge in [-0.3, -0.25) is 0 Å². The van der Waals surface area contributed by atoms with Gasteiger partial charge in [-0.05, 0) is 30.2 Å². The molecule has 0 aromatic heterocycles. The van der Waals surface area contributed by atoms with E-state index in [9.17, 15) is 12.8 Å². The quantitative estimate of drug-likeness (QED) is 0.841. The minimum Gasteiger partial charge on any atom is -0.493 e. The van der Waals surface area contributed by atoms with E-state index in [0.29, 0.717) is 17.9 Å². The van der Waals surface area contributed by atoms with Gasteiger partial charge < -0.3 is 9.47 Å². The zero-order chi connectivity index (χ0) is 16.9. The average Bonchev–Trinajstić information content (AvgIpc) is 2.54. The van der Waals surface area contributed by atoms with Crippen LogP contribution in [0.15, 0.2) is 47.4 Å². The van der Waals surface area contributed by atoms with Crippen LogP contribution in [0.3, 0.4) is 0 Å². The van der Waals surface area contributed by atoms with Crippen LogP contribution >= 0.6 is 0 Å². The number of hydrogen-bond acceptors (Lipinski definition) is 4. The van der Waals surface area contributed by atoms with Crippen LogP contribution in [0, 0.1) is 5.82 Å². The standard InChI is InChI=1S/C16H18FNO4S/c1-21-14-8-5-6-12(16(14)22-2)10-11-18-23(19,20)15-9-4-3-7-13(15)17/h3-9,18H,10-11H2,1-2H3. The highest BCUT2D eigenvalue weighted by Gasteiger charge is 2.18. The summed E-state index contributed by atoms with van der Waals surface area (Å²) in [6.45, 7) is 0.111. The molecule has 0 atom stereocenters. The van der Waals surface area contributed by atoms with Crippen molar-refractivity contribution in [2.24, 2.45) is 0 Å². The molecule has 1 N–H and O–H groups in total. The lowest BCUT2D eigenvalue weighted by Crippen LogP contribution is -2.26. The van der Waals surface area contributed by atoms with Crippen molar-refractivity contribution in [3.8, 4) is 11.5 Å². The Morgan fingerprint density at radius 2 is 1.78 bits per heavy atom. The lowest BCUT2D eigenvalue weighted by Gasteiger charge is -2.13. The number of halogens is 1. The molecule has 7 heteroatoms. The zero-order valence-electron chi connectivity index (χ0n) is 12.9. The first-order valence-corrected chi connectivity index (χ1v) is 8.42. The number of benzene rings is 2. The van der Waals surface area contributed by atoms with E-state index in [1.165, 1.54) is 32.4 Å². The number of nitrogens with one attached hydrogen (secondary N) is 1. The van der Waals surface area contributed by atoms with E-state index in [1.54, 1.807) is 12.1 Å². The molecular weight excluding hydrogens is 321 g/mol. The predicted molar refractivity (Wildman–Crippen MR) is 84.8 cm³/mol. The van der Waals surface area contributed by atoms with E-state index >= 15 is 0 Å². The molecule has 0 heterocycles. The SMILES string of the molecule is COc1cccc(CCNS(=O)(=O)c2ccccc2F)c1OC. The van der Waals surface area contributed by atoms with Gasteiger partial charge in [0.2, 0.25) is 10.0 Å². The molecule has 2 rings (SSSR count).